The molecule has 0 radical (unpaired) electrons. The molecule has 1 spiro atoms. The third-order valence-electron chi connectivity index (χ3n) is 4.72. The van der Waals surface area contributed by atoms with E-state index in [1.165, 1.54) is 12.1 Å². The summed E-state index contributed by atoms with van der Waals surface area (Å²) in [6, 6.07) is 2.89. The summed E-state index contributed by atoms with van der Waals surface area (Å²) in [4.78, 5) is 12.6. The van der Waals surface area contributed by atoms with Gasteiger partial charge < -0.3 is 10.2 Å². The highest BCUT2D eigenvalue weighted by molar-refractivity contribution is 6.07. The average Bonchev–Trinajstić information content (AvgIpc) is 2.64. The van der Waals surface area contributed by atoms with Gasteiger partial charge in [0.25, 0.3) is 0 Å². The fourth-order valence-corrected chi connectivity index (χ4v) is 3.46. The second-order valence-corrected chi connectivity index (χ2v) is 5.93. The Bertz CT molecular complexity index is 511. The van der Waals surface area contributed by atoms with E-state index in [2.05, 4.69) is 6.92 Å². The molecule has 18 heavy (non-hydrogen) atoms. The highest BCUT2D eigenvalue weighted by Gasteiger charge is 2.48. The molecule has 0 heterocycles. The molecule has 1 fully saturated rings. The van der Waals surface area contributed by atoms with Crippen LogP contribution in [0, 0.1) is 11.3 Å². The summed E-state index contributed by atoms with van der Waals surface area (Å²) in [7, 11) is 0. The summed E-state index contributed by atoms with van der Waals surface area (Å²) >= 11 is 0. The van der Waals surface area contributed by atoms with Gasteiger partial charge in [0, 0.05) is 11.0 Å². The van der Waals surface area contributed by atoms with Crippen LogP contribution < -0.4 is 0 Å². The number of ketones is 1. The van der Waals surface area contributed by atoms with E-state index in [9.17, 15) is 15.0 Å². The monoisotopic (exact) mass is 246 g/mol. The first-order chi connectivity index (χ1) is 8.53. The largest absolute Gasteiger partial charge is 0.508 e. The quantitative estimate of drug-likeness (QED) is 0.692. The number of carbonyl (C=O) groups excluding carboxylic acids is 1. The summed E-state index contributed by atoms with van der Waals surface area (Å²) in [5, 5.41) is 19.7. The van der Waals surface area contributed by atoms with Gasteiger partial charge in [-0.25, -0.2) is 0 Å². The molecule has 2 N–H and O–H groups in total. The molecule has 1 aromatic carbocycles. The zero-order valence-corrected chi connectivity index (χ0v) is 10.6. The molecule has 2 aliphatic carbocycles. The van der Waals surface area contributed by atoms with Crippen molar-refractivity contribution >= 4 is 5.78 Å². The van der Waals surface area contributed by atoms with Crippen LogP contribution in [-0.4, -0.2) is 16.0 Å². The molecule has 0 amide bonds. The Labute approximate surface area is 106 Å². The average molecular weight is 246 g/mol. The zero-order valence-electron chi connectivity index (χ0n) is 10.6. The predicted octanol–water partition coefficient (Wildman–Crippen LogP) is 3.03. The number of phenols is 2. The molecule has 96 valence electrons. The maximum Gasteiger partial charge on any atom is 0.173 e. The minimum Gasteiger partial charge on any atom is -0.508 e. The normalized spacial score (nSPS) is 30.7. The van der Waals surface area contributed by atoms with E-state index < -0.39 is 0 Å². The number of benzene rings is 1. The molecule has 0 bridgehead atoms. The summed E-state index contributed by atoms with van der Waals surface area (Å²) in [6.45, 7) is 2.22. The lowest BCUT2D eigenvalue weighted by Crippen LogP contribution is -2.32. The Kier molecular flexibility index (Phi) is 2.40. The second-order valence-electron chi connectivity index (χ2n) is 5.93. The standard InChI is InChI=1S/C15H18O3/c1-9-4-6-15(7-5-9)8-10-11(16)2-3-12(17)13(10)14(15)18/h2-3,9,16-17H,4-8H2,1H3. The van der Waals surface area contributed by atoms with Crippen LogP contribution in [0.4, 0.5) is 0 Å². The van der Waals surface area contributed by atoms with E-state index >= 15 is 0 Å². The molecule has 0 aromatic heterocycles. The van der Waals surface area contributed by atoms with Gasteiger partial charge >= 0.3 is 0 Å². The smallest absolute Gasteiger partial charge is 0.173 e. The first-order valence-electron chi connectivity index (χ1n) is 6.62. The lowest BCUT2D eigenvalue weighted by Gasteiger charge is -2.34. The maximum atomic E-state index is 12.6. The van der Waals surface area contributed by atoms with Crippen molar-refractivity contribution in [2.24, 2.45) is 11.3 Å². The molecular formula is C15H18O3. The van der Waals surface area contributed by atoms with Gasteiger partial charge in [-0.2, -0.15) is 0 Å². The first kappa shape index (κ1) is 11.6. The molecular weight excluding hydrogens is 228 g/mol. The van der Waals surface area contributed by atoms with Gasteiger partial charge in [-0.1, -0.05) is 6.92 Å². The molecule has 0 aliphatic heterocycles. The Morgan fingerprint density at radius 1 is 1.17 bits per heavy atom. The summed E-state index contributed by atoms with van der Waals surface area (Å²) in [5.41, 5.74) is 0.657. The van der Waals surface area contributed by atoms with E-state index in [0.717, 1.165) is 25.7 Å². The molecule has 3 nitrogen and oxygen atoms in total. The summed E-state index contributed by atoms with van der Waals surface area (Å²) < 4.78 is 0. The lowest BCUT2D eigenvalue weighted by molar-refractivity contribution is 0.0712. The number of carbonyl (C=O) groups is 1. The minimum atomic E-state index is -0.356. The molecule has 1 saturated carbocycles. The van der Waals surface area contributed by atoms with Crippen molar-refractivity contribution in [1.82, 2.24) is 0 Å². The van der Waals surface area contributed by atoms with Crippen LogP contribution in [0.1, 0.15) is 48.5 Å². The molecule has 3 heteroatoms. The molecule has 1 aromatic rings. The van der Waals surface area contributed by atoms with Crippen LogP contribution in [0.5, 0.6) is 11.5 Å². The Balaban J connectivity index is 2.04. The Morgan fingerprint density at radius 2 is 1.78 bits per heavy atom. The highest BCUT2D eigenvalue weighted by Crippen LogP contribution is 2.52. The molecule has 2 aliphatic rings. The fourth-order valence-electron chi connectivity index (χ4n) is 3.46. The maximum absolute atomic E-state index is 12.6. The van der Waals surface area contributed by atoms with Gasteiger partial charge in [0.05, 0.1) is 5.56 Å². The third-order valence-corrected chi connectivity index (χ3v) is 4.72. The fraction of sp³-hybridized carbons (Fsp3) is 0.533. The lowest BCUT2D eigenvalue weighted by atomic mass is 9.68. The van der Waals surface area contributed by atoms with Crippen molar-refractivity contribution in [1.29, 1.82) is 0 Å². The van der Waals surface area contributed by atoms with Gasteiger partial charge in [0.2, 0.25) is 0 Å². The number of Topliss-reactive ketones (excluding diaryl/α,β-unsaturated/α-hetero) is 1. The summed E-state index contributed by atoms with van der Waals surface area (Å²) in [6.07, 6.45) is 4.46. The number of hydrogen-bond acceptors (Lipinski definition) is 3. The first-order valence-corrected chi connectivity index (χ1v) is 6.62. The van der Waals surface area contributed by atoms with Crippen molar-refractivity contribution in [3.05, 3.63) is 23.3 Å². The van der Waals surface area contributed by atoms with Crippen molar-refractivity contribution in [3.63, 3.8) is 0 Å². The van der Waals surface area contributed by atoms with Gasteiger partial charge in [-0.05, 0) is 50.2 Å². The van der Waals surface area contributed by atoms with Crippen molar-refractivity contribution in [2.45, 2.75) is 39.0 Å². The predicted molar refractivity (Wildman–Crippen MR) is 67.9 cm³/mol. The third kappa shape index (κ3) is 1.46. The SMILES string of the molecule is CC1CCC2(CC1)Cc1c(O)ccc(O)c1C2=O. The van der Waals surface area contributed by atoms with E-state index in [4.69, 9.17) is 0 Å². The number of rotatable bonds is 0. The number of hydrogen-bond donors (Lipinski definition) is 2. The number of phenolic OH excluding ortho intramolecular Hbond substituents is 2. The zero-order chi connectivity index (χ0) is 12.9. The van der Waals surface area contributed by atoms with Gasteiger partial charge in [-0.15, -0.1) is 0 Å². The van der Waals surface area contributed by atoms with Crippen LogP contribution >= 0.6 is 0 Å². The van der Waals surface area contributed by atoms with Crippen molar-refractivity contribution < 1.29 is 15.0 Å². The van der Waals surface area contributed by atoms with E-state index in [1.807, 2.05) is 0 Å². The molecule has 0 unspecified atom stereocenters. The van der Waals surface area contributed by atoms with E-state index in [1.54, 1.807) is 0 Å². The van der Waals surface area contributed by atoms with Crippen molar-refractivity contribution in [2.75, 3.05) is 0 Å². The van der Waals surface area contributed by atoms with Gasteiger partial charge in [0.1, 0.15) is 11.5 Å². The number of fused-ring (bicyclic) bond motifs is 1. The van der Waals surface area contributed by atoms with Crippen LogP contribution in [0.25, 0.3) is 0 Å². The van der Waals surface area contributed by atoms with Gasteiger partial charge in [0.15, 0.2) is 5.78 Å². The van der Waals surface area contributed by atoms with E-state index in [0.29, 0.717) is 23.5 Å². The van der Waals surface area contributed by atoms with Crippen LogP contribution in [0.15, 0.2) is 12.1 Å². The topological polar surface area (TPSA) is 57.5 Å². The Hall–Kier alpha value is -1.51. The van der Waals surface area contributed by atoms with Crippen LogP contribution in [0.3, 0.4) is 0 Å². The minimum absolute atomic E-state index is 0.0169. The van der Waals surface area contributed by atoms with Crippen LogP contribution in [-0.2, 0) is 6.42 Å². The van der Waals surface area contributed by atoms with Gasteiger partial charge in [-0.3, -0.25) is 4.79 Å². The van der Waals surface area contributed by atoms with E-state index in [-0.39, 0.29) is 22.7 Å². The molecule has 0 saturated heterocycles. The van der Waals surface area contributed by atoms with Crippen molar-refractivity contribution in [3.8, 4) is 11.5 Å². The highest BCUT2D eigenvalue weighted by atomic mass is 16.3. The van der Waals surface area contributed by atoms with Crippen LogP contribution in [0.2, 0.25) is 0 Å². The molecule has 3 rings (SSSR count). The summed E-state index contributed by atoms with van der Waals surface area (Å²) in [5.74, 6) is 0.877. The Morgan fingerprint density at radius 3 is 2.39 bits per heavy atom. The molecule has 0 atom stereocenters. The number of aromatic hydroxyl groups is 2. The second kappa shape index (κ2) is 3.74.